The third-order valence-electron chi connectivity index (χ3n) is 4.06. The summed E-state index contributed by atoms with van der Waals surface area (Å²) in [4.78, 5) is 17.0. The lowest BCUT2D eigenvalue weighted by Gasteiger charge is -2.06. The Morgan fingerprint density at radius 1 is 1.04 bits per heavy atom. The Morgan fingerprint density at radius 2 is 1.88 bits per heavy atom. The number of benzene rings is 2. The Kier molecular flexibility index (Phi) is 3.92. The minimum Gasteiger partial charge on any atom is -0.322 e. The number of nitrogens with one attached hydrogen (secondary N) is 1. The van der Waals surface area contributed by atoms with Gasteiger partial charge in [-0.2, -0.15) is 5.26 Å². The van der Waals surface area contributed by atoms with Gasteiger partial charge in [-0.3, -0.25) is 4.79 Å². The van der Waals surface area contributed by atoms with E-state index in [1.54, 1.807) is 24.3 Å². The molecule has 1 N–H and O–H groups in total. The zero-order valence-corrected chi connectivity index (χ0v) is 13.8. The van der Waals surface area contributed by atoms with E-state index in [-0.39, 0.29) is 5.91 Å². The van der Waals surface area contributed by atoms with Crippen LogP contribution in [0.3, 0.4) is 0 Å². The Labute approximate surface area is 150 Å². The smallest absolute Gasteiger partial charge is 0.255 e. The van der Waals surface area contributed by atoms with E-state index >= 15 is 0 Å². The van der Waals surface area contributed by atoms with Crippen LogP contribution in [-0.2, 0) is 0 Å². The van der Waals surface area contributed by atoms with Gasteiger partial charge in [-0.25, -0.2) is 4.98 Å². The molecule has 2 aromatic carbocycles. The van der Waals surface area contributed by atoms with Crippen LogP contribution in [-0.4, -0.2) is 15.3 Å². The molecule has 5 heteroatoms. The summed E-state index contributed by atoms with van der Waals surface area (Å²) in [7, 11) is 0. The van der Waals surface area contributed by atoms with Crippen LogP contribution in [0, 0.1) is 11.3 Å². The second-order valence-electron chi connectivity index (χ2n) is 5.82. The number of anilines is 1. The second-order valence-corrected chi connectivity index (χ2v) is 5.82. The summed E-state index contributed by atoms with van der Waals surface area (Å²) >= 11 is 0. The zero-order chi connectivity index (χ0) is 17.9. The van der Waals surface area contributed by atoms with Gasteiger partial charge in [-0.15, -0.1) is 0 Å². The number of hydrogen-bond acceptors (Lipinski definition) is 3. The standard InChI is InChI=1S/C21H14N4O/c22-13-15-7-9-16(10-8-15)21(26)23-18-5-3-4-17(12-18)19-14-25-11-2-1-6-20(25)24-19/h1-12,14H,(H,23,26). The van der Waals surface area contributed by atoms with E-state index in [1.807, 2.05) is 65.3 Å². The highest BCUT2D eigenvalue weighted by Crippen LogP contribution is 2.23. The molecule has 0 radical (unpaired) electrons. The number of nitriles is 1. The quantitative estimate of drug-likeness (QED) is 0.611. The highest BCUT2D eigenvalue weighted by atomic mass is 16.1. The van der Waals surface area contributed by atoms with Gasteiger partial charge in [0.25, 0.3) is 5.91 Å². The molecule has 0 fully saturated rings. The van der Waals surface area contributed by atoms with Crippen molar-refractivity contribution in [2.45, 2.75) is 0 Å². The average Bonchev–Trinajstić information content (AvgIpc) is 3.12. The molecule has 0 spiro atoms. The van der Waals surface area contributed by atoms with Crippen LogP contribution in [0.2, 0.25) is 0 Å². The zero-order valence-electron chi connectivity index (χ0n) is 13.8. The maximum atomic E-state index is 12.4. The van der Waals surface area contributed by atoms with Gasteiger partial charge in [-0.05, 0) is 48.5 Å². The minimum atomic E-state index is -0.221. The monoisotopic (exact) mass is 338 g/mol. The van der Waals surface area contributed by atoms with Gasteiger partial charge < -0.3 is 9.72 Å². The van der Waals surface area contributed by atoms with Gasteiger partial charge in [0.1, 0.15) is 5.65 Å². The van der Waals surface area contributed by atoms with Crippen molar-refractivity contribution in [3.05, 3.63) is 90.3 Å². The van der Waals surface area contributed by atoms with E-state index < -0.39 is 0 Å². The first kappa shape index (κ1) is 15.6. The van der Waals surface area contributed by atoms with Gasteiger partial charge in [0, 0.05) is 29.2 Å². The summed E-state index contributed by atoms with van der Waals surface area (Å²) in [5.74, 6) is -0.221. The number of carbonyl (C=O) groups excluding carboxylic acids is 1. The van der Waals surface area contributed by atoms with Crippen molar-refractivity contribution in [3.8, 4) is 17.3 Å². The molecule has 4 aromatic rings. The highest BCUT2D eigenvalue weighted by molar-refractivity contribution is 6.04. The average molecular weight is 338 g/mol. The molecule has 0 saturated carbocycles. The number of rotatable bonds is 3. The van der Waals surface area contributed by atoms with Crippen LogP contribution in [0.5, 0.6) is 0 Å². The van der Waals surface area contributed by atoms with E-state index in [0.29, 0.717) is 16.8 Å². The largest absolute Gasteiger partial charge is 0.322 e. The van der Waals surface area contributed by atoms with Crippen molar-refractivity contribution in [2.75, 3.05) is 5.32 Å². The summed E-state index contributed by atoms with van der Waals surface area (Å²) in [5, 5.41) is 11.7. The van der Waals surface area contributed by atoms with Gasteiger partial charge >= 0.3 is 0 Å². The van der Waals surface area contributed by atoms with Crippen LogP contribution in [0.25, 0.3) is 16.9 Å². The van der Waals surface area contributed by atoms with Crippen LogP contribution in [0.1, 0.15) is 15.9 Å². The molecular weight excluding hydrogens is 324 g/mol. The molecule has 4 rings (SSSR count). The number of pyridine rings is 1. The molecule has 0 saturated heterocycles. The van der Waals surface area contributed by atoms with Crippen molar-refractivity contribution in [3.63, 3.8) is 0 Å². The SMILES string of the molecule is N#Cc1ccc(C(=O)Nc2cccc(-c3cn4ccccc4n3)c2)cc1. The molecular formula is C21H14N4O. The van der Waals surface area contributed by atoms with E-state index in [2.05, 4.69) is 10.3 Å². The Bertz CT molecular complexity index is 1100. The van der Waals surface area contributed by atoms with Crippen molar-refractivity contribution < 1.29 is 4.79 Å². The molecule has 0 aliphatic heterocycles. The molecule has 2 aromatic heterocycles. The fourth-order valence-electron chi connectivity index (χ4n) is 2.73. The third kappa shape index (κ3) is 3.04. The number of hydrogen-bond donors (Lipinski definition) is 1. The normalized spacial score (nSPS) is 10.4. The fourth-order valence-corrected chi connectivity index (χ4v) is 2.73. The summed E-state index contributed by atoms with van der Waals surface area (Å²) in [5.41, 5.74) is 4.35. The number of fused-ring (bicyclic) bond motifs is 1. The molecule has 0 aliphatic carbocycles. The number of aromatic nitrogens is 2. The molecule has 2 heterocycles. The van der Waals surface area contributed by atoms with Gasteiger partial charge in [0.15, 0.2) is 0 Å². The first-order valence-corrected chi connectivity index (χ1v) is 8.09. The minimum absolute atomic E-state index is 0.221. The van der Waals surface area contributed by atoms with E-state index in [9.17, 15) is 4.79 Å². The second kappa shape index (κ2) is 6.54. The highest BCUT2D eigenvalue weighted by Gasteiger charge is 2.08. The van der Waals surface area contributed by atoms with Gasteiger partial charge in [-0.1, -0.05) is 18.2 Å². The first-order chi connectivity index (χ1) is 12.7. The lowest BCUT2D eigenvalue weighted by atomic mass is 10.1. The van der Waals surface area contributed by atoms with Crippen LogP contribution < -0.4 is 5.32 Å². The lowest BCUT2D eigenvalue weighted by Crippen LogP contribution is -2.11. The number of imidazole rings is 1. The first-order valence-electron chi connectivity index (χ1n) is 8.09. The maximum Gasteiger partial charge on any atom is 0.255 e. The Hall–Kier alpha value is -3.91. The molecule has 0 aliphatic rings. The maximum absolute atomic E-state index is 12.4. The van der Waals surface area contributed by atoms with Gasteiger partial charge in [0.05, 0.1) is 17.3 Å². The molecule has 0 unspecified atom stereocenters. The van der Waals surface area contributed by atoms with Crippen molar-refractivity contribution >= 4 is 17.2 Å². The van der Waals surface area contributed by atoms with Crippen LogP contribution in [0.4, 0.5) is 5.69 Å². The Balaban J connectivity index is 1.59. The summed E-state index contributed by atoms with van der Waals surface area (Å²) in [6.45, 7) is 0. The number of nitrogens with zero attached hydrogens (tertiary/aromatic N) is 3. The molecule has 0 atom stereocenters. The number of carbonyl (C=O) groups is 1. The van der Waals surface area contributed by atoms with Crippen LogP contribution in [0.15, 0.2) is 79.1 Å². The molecule has 1 amide bonds. The molecule has 0 bridgehead atoms. The lowest BCUT2D eigenvalue weighted by molar-refractivity contribution is 0.102. The molecule has 124 valence electrons. The molecule has 26 heavy (non-hydrogen) atoms. The summed E-state index contributed by atoms with van der Waals surface area (Å²) in [6.07, 6.45) is 3.90. The summed E-state index contributed by atoms with van der Waals surface area (Å²) < 4.78 is 1.96. The van der Waals surface area contributed by atoms with Crippen molar-refractivity contribution in [1.29, 1.82) is 5.26 Å². The topological polar surface area (TPSA) is 70.2 Å². The predicted octanol–water partition coefficient (Wildman–Crippen LogP) is 4.13. The fraction of sp³-hybridized carbons (Fsp3) is 0. The van der Waals surface area contributed by atoms with Crippen molar-refractivity contribution in [1.82, 2.24) is 9.38 Å². The third-order valence-corrected chi connectivity index (χ3v) is 4.06. The molecule has 5 nitrogen and oxygen atoms in total. The summed E-state index contributed by atoms with van der Waals surface area (Å²) in [6, 6.07) is 22.0. The van der Waals surface area contributed by atoms with E-state index in [4.69, 9.17) is 5.26 Å². The predicted molar refractivity (Wildman–Crippen MR) is 99.7 cm³/mol. The Morgan fingerprint density at radius 3 is 2.65 bits per heavy atom. The van der Waals surface area contributed by atoms with Crippen molar-refractivity contribution in [2.24, 2.45) is 0 Å². The number of amides is 1. The van der Waals surface area contributed by atoms with Crippen LogP contribution >= 0.6 is 0 Å². The van der Waals surface area contributed by atoms with Gasteiger partial charge in [0.2, 0.25) is 0 Å². The van der Waals surface area contributed by atoms with E-state index in [1.165, 1.54) is 0 Å². The van der Waals surface area contributed by atoms with E-state index in [0.717, 1.165) is 16.9 Å².